The van der Waals surface area contributed by atoms with E-state index < -0.39 is 0 Å². The number of amides is 2. The van der Waals surface area contributed by atoms with Gasteiger partial charge in [-0.25, -0.2) is 0 Å². The van der Waals surface area contributed by atoms with Gasteiger partial charge in [-0.2, -0.15) is 0 Å². The zero-order valence-corrected chi connectivity index (χ0v) is 13.6. The highest BCUT2D eigenvalue weighted by molar-refractivity contribution is 7.11. The smallest absolute Gasteiger partial charge is 0.277 e. The Morgan fingerprint density at radius 1 is 1.18 bits per heavy atom. The molecule has 6 heteroatoms. The summed E-state index contributed by atoms with van der Waals surface area (Å²) >= 11 is 7.44. The quantitative estimate of drug-likeness (QED) is 0.875. The van der Waals surface area contributed by atoms with Crippen LogP contribution in [-0.2, 0) is 9.59 Å². The third kappa shape index (κ3) is 2.42. The maximum absolute atomic E-state index is 12.4. The fourth-order valence-electron chi connectivity index (χ4n) is 2.27. The standard InChI is InChI=1S/C16H13ClN2O2S/c1-9-5-6-10(17)8-11(9)18-14-13(12-4-3-7-22-12)15(20)19(2)16(14)21/h3-8,18H,1-2H3. The molecule has 2 heterocycles. The minimum absolute atomic E-state index is 0.292. The van der Waals surface area contributed by atoms with Gasteiger partial charge in [0.25, 0.3) is 11.8 Å². The van der Waals surface area contributed by atoms with E-state index in [2.05, 4.69) is 5.32 Å². The van der Waals surface area contributed by atoms with Crippen molar-refractivity contribution >= 4 is 46.0 Å². The molecule has 4 nitrogen and oxygen atoms in total. The molecule has 0 bridgehead atoms. The highest BCUT2D eigenvalue weighted by Gasteiger charge is 2.37. The predicted molar refractivity (Wildman–Crippen MR) is 88.8 cm³/mol. The van der Waals surface area contributed by atoms with Gasteiger partial charge in [-0.1, -0.05) is 23.7 Å². The first-order valence-electron chi connectivity index (χ1n) is 6.62. The number of likely N-dealkylation sites (N-methyl/N-ethyl adjacent to an activating group) is 1. The lowest BCUT2D eigenvalue weighted by molar-refractivity contribution is -0.135. The number of hydrogen-bond acceptors (Lipinski definition) is 4. The largest absolute Gasteiger partial charge is 0.350 e. The molecule has 0 saturated heterocycles. The van der Waals surface area contributed by atoms with Crippen LogP contribution in [-0.4, -0.2) is 23.8 Å². The Morgan fingerprint density at radius 3 is 2.64 bits per heavy atom. The van der Waals surface area contributed by atoms with E-state index in [0.29, 0.717) is 22.0 Å². The highest BCUT2D eigenvalue weighted by Crippen LogP contribution is 2.33. The normalized spacial score (nSPS) is 15.0. The van der Waals surface area contributed by atoms with Gasteiger partial charge in [0, 0.05) is 22.6 Å². The van der Waals surface area contributed by atoms with Crippen molar-refractivity contribution in [2.45, 2.75) is 6.92 Å². The van der Waals surface area contributed by atoms with Crippen molar-refractivity contribution in [3.63, 3.8) is 0 Å². The van der Waals surface area contributed by atoms with Crippen molar-refractivity contribution in [3.8, 4) is 0 Å². The minimum atomic E-state index is -0.340. The van der Waals surface area contributed by atoms with E-state index in [1.807, 2.05) is 30.5 Å². The molecule has 1 aromatic carbocycles. The van der Waals surface area contributed by atoms with Crippen molar-refractivity contribution in [2.75, 3.05) is 12.4 Å². The summed E-state index contributed by atoms with van der Waals surface area (Å²) in [7, 11) is 1.48. The van der Waals surface area contributed by atoms with Gasteiger partial charge < -0.3 is 5.32 Å². The number of imide groups is 1. The first-order valence-corrected chi connectivity index (χ1v) is 7.88. The lowest BCUT2D eigenvalue weighted by atomic mass is 10.1. The molecule has 0 unspecified atom stereocenters. The number of carbonyl (C=O) groups excluding carboxylic acids is 2. The highest BCUT2D eigenvalue weighted by atomic mass is 35.5. The number of nitrogens with one attached hydrogen (secondary N) is 1. The Labute approximate surface area is 137 Å². The molecule has 0 fully saturated rings. The molecule has 0 atom stereocenters. The number of nitrogens with zero attached hydrogens (tertiary/aromatic N) is 1. The van der Waals surface area contributed by atoms with Gasteiger partial charge in [0.15, 0.2) is 0 Å². The molecule has 112 valence electrons. The molecule has 0 aliphatic carbocycles. The summed E-state index contributed by atoms with van der Waals surface area (Å²) in [6.45, 7) is 1.91. The van der Waals surface area contributed by atoms with Crippen molar-refractivity contribution in [1.82, 2.24) is 4.90 Å². The second-order valence-electron chi connectivity index (χ2n) is 4.98. The van der Waals surface area contributed by atoms with Gasteiger partial charge >= 0.3 is 0 Å². The van der Waals surface area contributed by atoms with Crippen LogP contribution in [0, 0.1) is 6.92 Å². The first-order chi connectivity index (χ1) is 10.5. The third-order valence-corrected chi connectivity index (χ3v) is 4.64. The van der Waals surface area contributed by atoms with Crippen LogP contribution in [0.5, 0.6) is 0 Å². The van der Waals surface area contributed by atoms with E-state index in [0.717, 1.165) is 15.3 Å². The third-order valence-electron chi connectivity index (χ3n) is 3.51. The second-order valence-corrected chi connectivity index (χ2v) is 6.36. The average Bonchev–Trinajstić information content (AvgIpc) is 3.08. The zero-order valence-electron chi connectivity index (χ0n) is 12.0. The monoisotopic (exact) mass is 332 g/mol. The van der Waals surface area contributed by atoms with Gasteiger partial charge in [0.2, 0.25) is 0 Å². The molecular formula is C16H13ClN2O2S. The minimum Gasteiger partial charge on any atom is -0.350 e. The Hall–Kier alpha value is -2.11. The fourth-order valence-corrected chi connectivity index (χ4v) is 3.21. The second kappa shape index (κ2) is 5.59. The Morgan fingerprint density at radius 2 is 1.95 bits per heavy atom. The summed E-state index contributed by atoms with van der Waals surface area (Å²) in [6.07, 6.45) is 0. The number of aryl methyl sites for hydroxylation is 1. The average molecular weight is 333 g/mol. The summed E-state index contributed by atoms with van der Waals surface area (Å²) in [5, 5.41) is 5.53. The van der Waals surface area contributed by atoms with Crippen LogP contribution in [0.15, 0.2) is 41.4 Å². The van der Waals surface area contributed by atoms with Crippen LogP contribution in [0.3, 0.4) is 0 Å². The molecule has 0 radical (unpaired) electrons. The SMILES string of the molecule is Cc1ccc(Cl)cc1NC1=C(c2cccs2)C(=O)N(C)C1=O. The maximum Gasteiger partial charge on any atom is 0.277 e. The molecule has 1 aromatic heterocycles. The van der Waals surface area contributed by atoms with E-state index in [9.17, 15) is 9.59 Å². The zero-order chi connectivity index (χ0) is 15.9. The molecular weight excluding hydrogens is 320 g/mol. The summed E-state index contributed by atoms with van der Waals surface area (Å²) in [5.74, 6) is -0.637. The summed E-state index contributed by atoms with van der Waals surface area (Å²) in [6, 6.07) is 9.07. The van der Waals surface area contributed by atoms with Crippen LogP contribution in [0.1, 0.15) is 10.4 Å². The molecule has 0 spiro atoms. The Kier molecular flexibility index (Phi) is 3.76. The molecule has 3 rings (SSSR count). The molecule has 1 N–H and O–H groups in total. The number of hydrogen-bond donors (Lipinski definition) is 1. The lowest BCUT2D eigenvalue weighted by Crippen LogP contribution is -2.27. The first kappa shape index (κ1) is 14.8. The van der Waals surface area contributed by atoms with Crippen LogP contribution >= 0.6 is 22.9 Å². The van der Waals surface area contributed by atoms with Crippen molar-refractivity contribution in [2.24, 2.45) is 0 Å². The van der Waals surface area contributed by atoms with Gasteiger partial charge in [-0.05, 0) is 36.1 Å². The van der Waals surface area contributed by atoms with Crippen LogP contribution in [0.25, 0.3) is 5.57 Å². The number of benzene rings is 1. The Bertz CT molecular complexity index is 796. The van der Waals surface area contributed by atoms with Crippen LogP contribution < -0.4 is 5.32 Å². The Balaban J connectivity index is 2.10. The van der Waals surface area contributed by atoms with Gasteiger partial charge in [0.1, 0.15) is 5.70 Å². The van der Waals surface area contributed by atoms with Gasteiger partial charge in [-0.15, -0.1) is 11.3 Å². The number of thiophene rings is 1. The topological polar surface area (TPSA) is 49.4 Å². The van der Waals surface area contributed by atoms with Crippen molar-refractivity contribution < 1.29 is 9.59 Å². The number of anilines is 1. The molecule has 1 aliphatic heterocycles. The van der Waals surface area contributed by atoms with E-state index >= 15 is 0 Å². The number of carbonyl (C=O) groups is 2. The van der Waals surface area contributed by atoms with Crippen LogP contribution in [0.4, 0.5) is 5.69 Å². The fraction of sp³-hybridized carbons (Fsp3) is 0.125. The molecule has 0 saturated carbocycles. The molecule has 2 aromatic rings. The summed E-state index contributed by atoms with van der Waals surface area (Å²) < 4.78 is 0. The van der Waals surface area contributed by atoms with Crippen molar-refractivity contribution in [3.05, 3.63) is 56.9 Å². The summed E-state index contributed by atoms with van der Waals surface area (Å²) in [5.41, 5.74) is 2.35. The molecule has 22 heavy (non-hydrogen) atoms. The number of rotatable bonds is 3. The lowest BCUT2D eigenvalue weighted by Gasteiger charge is -2.11. The predicted octanol–water partition coefficient (Wildman–Crippen LogP) is 3.53. The number of halogens is 1. The van der Waals surface area contributed by atoms with Gasteiger partial charge in [0.05, 0.1) is 5.57 Å². The van der Waals surface area contributed by atoms with E-state index in [1.54, 1.807) is 12.1 Å². The summed E-state index contributed by atoms with van der Waals surface area (Å²) in [4.78, 5) is 26.6. The maximum atomic E-state index is 12.4. The van der Waals surface area contributed by atoms with Gasteiger partial charge in [-0.3, -0.25) is 14.5 Å². The van der Waals surface area contributed by atoms with E-state index in [4.69, 9.17) is 11.6 Å². The van der Waals surface area contributed by atoms with Crippen molar-refractivity contribution in [1.29, 1.82) is 0 Å². The molecule has 1 aliphatic rings. The molecule has 2 amide bonds. The van der Waals surface area contributed by atoms with Crippen LogP contribution in [0.2, 0.25) is 5.02 Å². The van der Waals surface area contributed by atoms with E-state index in [-0.39, 0.29) is 11.8 Å². The van der Waals surface area contributed by atoms with E-state index in [1.165, 1.54) is 18.4 Å².